The molecule has 0 fully saturated rings. The molecule has 16 heavy (non-hydrogen) atoms. The van der Waals surface area contributed by atoms with Crippen LogP contribution in [0.5, 0.6) is 5.75 Å². The zero-order valence-corrected chi connectivity index (χ0v) is 11.7. The summed E-state index contributed by atoms with van der Waals surface area (Å²) < 4.78 is 5.96. The van der Waals surface area contributed by atoms with Crippen molar-refractivity contribution in [1.82, 2.24) is 0 Å². The van der Waals surface area contributed by atoms with Gasteiger partial charge in [0.1, 0.15) is 5.75 Å². The van der Waals surface area contributed by atoms with Crippen molar-refractivity contribution in [2.45, 2.75) is 25.5 Å². The van der Waals surface area contributed by atoms with Gasteiger partial charge in [0.25, 0.3) is 0 Å². The van der Waals surface area contributed by atoms with Crippen LogP contribution >= 0.6 is 28.3 Å². The van der Waals surface area contributed by atoms with E-state index in [1.807, 2.05) is 25.1 Å². The Kier molecular flexibility index (Phi) is 6.99. The first-order valence-corrected chi connectivity index (χ1v) is 5.66. The van der Waals surface area contributed by atoms with Crippen LogP contribution in [0.25, 0.3) is 0 Å². The lowest BCUT2D eigenvalue weighted by Gasteiger charge is -2.18. The fraction of sp³-hybridized carbons (Fsp3) is 0.455. The monoisotopic (exact) mass is 309 g/mol. The summed E-state index contributed by atoms with van der Waals surface area (Å²) in [5.41, 5.74) is 6.80. The molecule has 0 spiro atoms. The van der Waals surface area contributed by atoms with Gasteiger partial charge in [-0.1, -0.05) is 13.0 Å². The maximum Gasteiger partial charge on any atom is 0.133 e. The Balaban J connectivity index is 0.00000225. The Hall–Kier alpha value is -0.290. The minimum Gasteiger partial charge on any atom is -0.496 e. The molecule has 5 heteroatoms. The van der Waals surface area contributed by atoms with E-state index in [0.29, 0.717) is 6.42 Å². The van der Waals surface area contributed by atoms with Crippen molar-refractivity contribution in [3.05, 3.63) is 28.2 Å². The lowest BCUT2D eigenvalue weighted by Crippen LogP contribution is -2.25. The molecule has 0 unspecified atom stereocenters. The summed E-state index contributed by atoms with van der Waals surface area (Å²) >= 11 is 3.38. The van der Waals surface area contributed by atoms with E-state index < -0.39 is 6.10 Å². The molecule has 0 aliphatic rings. The topological polar surface area (TPSA) is 55.5 Å². The second-order valence-electron chi connectivity index (χ2n) is 3.40. The number of methoxy groups -OCH3 is 1. The van der Waals surface area contributed by atoms with Crippen LogP contribution in [-0.4, -0.2) is 18.3 Å². The van der Waals surface area contributed by atoms with Crippen molar-refractivity contribution >= 4 is 28.3 Å². The lowest BCUT2D eigenvalue weighted by atomic mass is 10.0. The maximum atomic E-state index is 9.63. The van der Waals surface area contributed by atoms with Gasteiger partial charge in [0.15, 0.2) is 0 Å². The zero-order valence-electron chi connectivity index (χ0n) is 9.31. The Morgan fingerprint density at radius 1 is 1.50 bits per heavy atom. The molecule has 0 saturated carbocycles. The smallest absolute Gasteiger partial charge is 0.133 e. The Labute approximate surface area is 111 Å². The predicted molar refractivity (Wildman–Crippen MR) is 71.2 cm³/mol. The van der Waals surface area contributed by atoms with Crippen molar-refractivity contribution < 1.29 is 9.84 Å². The lowest BCUT2D eigenvalue weighted by molar-refractivity contribution is 0.140. The third-order valence-electron chi connectivity index (χ3n) is 2.39. The molecule has 0 saturated heterocycles. The molecule has 1 aromatic rings. The standard InChI is InChI=1S/C11H16BrNO2.ClH/c1-3-9(14)11(13)7-4-5-10(15-2)8(12)6-7;/h4-6,9,11,14H,3,13H2,1-2H3;1H/t9-,11+;/m0./s1. The van der Waals surface area contributed by atoms with Crippen molar-refractivity contribution in [2.75, 3.05) is 7.11 Å². The summed E-state index contributed by atoms with van der Waals surface area (Å²) in [6.45, 7) is 1.91. The highest BCUT2D eigenvalue weighted by Gasteiger charge is 2.15. The van der Waals surface area contributed by atoms with E-state index in [4.69, 9.17) is 10.5 Å². The van der Waals surface area contributed by atoms with Crippen molar-refractivity contribution in [3.8, 4) is 5.75 Å². The van der Waals surface area contributed by atoms with E-state index in [1.165, 1.54) is 0 Å². The summed E-state index contributed by atoms with van der Waals surface area (Å²) in [7, 11) is 1.61. The highest BCUT2D eigenvalue weighted by Crippen LogP contribution is 2.28. The average Bonchev–Trinajstić information content (AvgIpc) is 2.26. The third kappa shape index (κ3) is 3.63. The number of rotatable bonds is 4. The van der Waals surface area contributed by atoms with E-state index >= 15 is 0 Å². The van der Waals surface area contributed by atoms with Gasteiger partial charge >= 0.3 is 0 Å². The Morgan fingerprint density at radius 3 is 2.56 bits per heavy atom. The second kappa shape index (κ2) is 7.12. The molecule has 0 heterocycles. The second-order valence-corrected chi connectivity index (χ2v) is 4.25. The van der Waals surface area contributed by atoms with Crippen LogP contribution in [0.3, 0.4) is 0 Å². The molecular weight excluding hydrogens is 293 g/mol. The largest absolute Gasteiger partial charge is 0.496 e. The number of nitrogens with two attached hydrogens (primary N) is 1. The van der Waals surface area contributed by atoms with Gasteiger partial charge in [0.2, 0.25) is 0 Å². The first-order chi connectivity index (χ1) is 7.10. The van der Waals surface area contributed by atoms with E-state index in [2.05, 4.69) is 15.9 Å². The molecule has 0 aromatic heterocycles. The molecule has 92 valence electrons. The van der Waals surface area contributed by atoms with Gasteiger partial charge in [0, 0.05) is 0 Å². The molecule has 1 rings (SSSR count). The molecule has 3 nitrogen and oxygen atoms in total. The van der Waals surface area contributed by atoms with Crippen molar-refractivity contribution in [2.24, 2.45) is 5.73 Å². The van der Waals surface area contributed by atoms with Crippen LogP contribution in [-0.2, 0) is 0 Å². The number of ether oxygens (including phenoxy) is 1. The number of hydrogen-bond donors (Lipinski definition) is 2. The van der Waals surface area contributed by atoms with Crippen LogP contribution in [0, 0.1) is 0 Å². The average molecular weight is 311 g/mol. The highest BCUT2D eigenvalue weighted by molar-refractivity contribution is 9.10. The molecule has 0 radical (unpaired) electrons. The summed E-state index contributed by atoms with van der Waals surface area (Å²) in [5, 5.41) is 9.63. The Bertz CT molecular complexity index is 336. The minimum absolute atomic E-state index is 0. The highest BCUT2D eigenvalue weighted by atomic mass is 79.9. The summed E-state index contributed by atoms with van der Waals surface area (Å²) in [4.78, 5) is 0. The summed E-state index contributed by atoms with van der Waals surface area (Å²) in [5.74, 6) is 0.761. The first kappa shape index (κ1) is 15.7. The number of hydrogen-bond acceptors (Lipinski definition) is 3. The minimum atomic E-state index is -0.509. The first-order valence-electron chi connectivity index (χ1n) is 4.87. The van der Waals surface area contributed by atoms with Gasteiger partial charge in [0.05, 0.1) is 23.7 Å². The summed E-state index contributed by atoms with van der Waals surface area (Å²) in [6, 6.07) is 5.23. The van der Waals surface area contributed by atoms with Gasteiger partial charge in [-0.3, -0.25) is 0 Å². The molecule has 2 atom stereocenters. The molecule has 0 aliphatic heterocycles. The number of aliphatic hydroxyl groups is 1. The van der Waals surface area contributed by atoms with Crippen LogP contribution < -0.4 is 10.5 Å². The van der Waals surface area contributed by atoms with Crippen LogP contribution in [0.2, 0.25) is 0 Å². The van der Waals surface area contributed by atoms with E-state index in [0.717, 1.165) is 15.8 Å². The number of benzene rings is 1. The van der Waals surface area contributed by atoms with E-state index in [-0.39, 0.29) is 18.4 Å². The molecule has 0 aliphatic carbocycles. The summed E-state index contributed by atoms with van der Waals surface area (Å²) in [6.07, 6.45) is 0.135. The van der Waals surface area contributed by atoms with E-state index in [9.17, 15) is 5.11 Å². The van der Waals surface area contributed by atoms with Gasteiger partial charge in [-0.2, -0.15) is 0 Å². The zero-order chi connectivity index (χ0) is 11.4. The van der Waals surface area contributed by atoms with E-state index in [1.54, 1.807) is 7.11 Å². The van der Waals surface area contributed by atoms with Crippen LogP contribution in [0.1, 0.15) is 24.9 Å². The van der Waals surface area contributed by atoms with Gasteiger partial charge in [-0.15, -0.1) is 12.4 Å². The SMILES string of the molecule is CC[C@H](O)[C@H](N)c1ccc(OC)c(Br)c1.Cl. The number of aliphatic hydroxyl groups excluding tert-OH is 1. The van der Waals surface area contributed by atoms with Crippen LogP contribution in [0.4, 0.5) is 0 Å². The fourth-order valence-corrected chi connectivity index (χ4v) is 1.92. The molecule has 0 amide bonds. The van der Waals surface area contributed by atoms with Gasteiger partial charge in [-0.05, 0) is 40.0 Å². The van der Waals surface area contributed by atoms with Gasteiger partial charge in [-0.25, -0.2) is 0 Å². The quantitative estimate of drug-likeness (QED) is 0.899. The molecule has 3 N–H and O–H groups in total. The normalized spacial score (nSPS) is 13.8. The third-order valence-corrected chi connectivity index (χ3v) is 3.01. The van der Waals surface area contributed by atoms with Crippen LogP contribution in [0.15, 0.2) is 22.7 Å². The van der Waals surface area contributed by atoms with Gasteiger partial charge < -0.3 is 15.6 Å². The number of halogens is 2. The predicted octanol–water partition coefficient (Wildman–Crippen LogP) is 2.65. The Morgan fingerprint density at radius 2 is 2.12 bits per heavy atom. The maximum absolute atomic E-state index is 9.63. The molecular formula is C11H17BrClNO2. The fourth-order valence-electron chi connectivity index (χ4n) is 1.37. The van der Waals surface area contributed by atoms with Crippen molar-refractivity contribution in [1.29, 1.82) is 0 Å². The molecule has 1 aromatic carbocycles. The van der Waals surface area contributed by atoms with Crippen molar-refractivity contribution in [3.63, 3.8) is 0 Å². The molecule has 0 bridgehead atoms.